The number of anilines is 1. The number of rotatable bonds is 8. The van der Waals surface area contributed by atoms with Crippen LogP contribution in [0.1, 0.15) is 22.8 Å². The lowest BCUT2D eigenvalue weighted by Crippen LogP contribution is -2.58. The molecule has 4 rings (SSSR count). The van der Waals surface area contributed by atoms with Crippen molar-refractivity contribution in [2.75, 3.05) is 25.0 Å². The van der Waals surface area contributed by atoms with E-state index < -0.39 is 30.8 Å². The lowest BCUT2D eigenvalue weighted by atomic mass is 10.0. The molecule has 0 aliphatic carbocycles. The van der Waals surface area contributed by atoms with Crippen molar-refractivity contribution in [3.05, 3.63) is 89.1 Å². The number of benzene rings is 3. The van der Waals surface area contributed by atoms with E-state index in [1.165, 1.54) is 12.1 Å². The Labute approximate surface area is 217 Å². The summed E-state index contributed by atoms with van der Waals surface area (Å²) in [6.07, 6.45) is -3.46. The first-order valence-electron chi connectivity index (χ1n) is 11.6. The molecule has 1 unspecified atom stereocenters. The molecule has 1 aromatic heterocycles. The number of hydrogen-bond donors (Lipinski definition) is 2. The molecule has 0 saturated carbocycles. The van der Waals surface area contributed by atoms with Gasteiger partial charge in [0.15, 0.2) is 5.60 Å². The molecular formula is C27H26ClF3N4O2. The molecule has 0 radical (unpaired) electrons. The van der Waals surface area contributed by atoms with E-state index in [1.807, 2.05) is 43.3 Å². The van der Waals surface area contributed by atoms with Gasteiger partial charge in [-0.15, -0.1) is 0 Å². The van der Waals surface area contributed by atoms with Crippen LogP contribution in [0.2, 0.25) is 5.02 Å². The van der Waals surface area contributed by atoms with Gasteiger partial charge in [0.1, 0.15) is 0 Å². The summed E-state index contributed by atoms with van der Waals surface area (Å²) in [5.41, 5.74) is -0.471. The van der Waals surface area contributed by atoms with E-state index in [-0.39, 0.29) is 17.1 Å². The van der Waals surface area contributed by atoms with Gasteiger partial charge in [0, 0.05) is 17.6 Å². The van der Waals surface area contributed by atoms with Crippen LogP contribution in [-0.4, -0.2) is 57.1 Å². The monoisotopic (exact) mass is 530 g/mol. The van der Waals surface area contributed by atoms with Crippen molar-refractivity contribution in [2.24, 2.45) is 0 Å². The van der Waals surface area contributed by atoms with Gasteiger partial charge >= 0.3 is 6.18 Å². The summed E-state index contributed by atoms with van der Waals surface area (Å²) in [4.78, 5) is 13.9. The fourth-order valence-corrected chi connectivity index (χ4v) is 4.34. The van der Waals surface area contributed by atoms with Crippen LogP contribution in [0.4, 0.5) is 18.9 Å². The second-order valence-corrected chi connectivity index (χ2v) is 9.23. The minimum absolute atomic E-state index is 0.0546. The van der Waals surface area contributed by atoms with Crippen molar-refractivity contribution in [1.82, 2.24) is 14.7 Å². The van der Waals surface area contributed by atoms with Crippen molar-refractivity contribution >= 4 is 34.1 Å². The smallest absolute Gasteiger partial charge is 0.381 e. The highest BCUT2D eigenvalue weighted by Gasteiger charge is 2.55. The maximum atomic E-state index is 14.2. The average molecular weight is 531 g/mol. The number of nitrogens with one attached hydrogen (secondary N) is 1. The van der Waals surface area contributed by atoms with Gasteiger partial charge in [-0.1, -0.05) is 41.9 Å². The maximum Gasteiger partial charge on any atom is 0.420 e. The zero-order valence-corrected chi connectivity index (χ0v) is 21.0. The third kappa shape index (κ3) is 5.42. The third-order valence-corrected chi connectivity index (χ3v) is 6.49. The second kappa shape index (κ2) is 10.4. The SMILES string of the molecule is CCN(CC(O)(CNc1cc(C)cc2c1cnn2-c1ccccc1)C(F)(F)F)C(=O)c1ccccc1Cl. The molecule has 1 atom stereocenters. The fraction of sp³-hybridized carbons (Fsp3) is 0.259. The molecule has 3 aromatic carbocycles. The van der Waals surface area contributed by atoms with E-state index in [9.17, 15) is 23.1 Å². The van der Waals surface area contributed by atoms with E-state index in [1.54, 1.807) is 36.0 Å². The Morgan fingerprint density at radius 2 is 1.78 bits per heavy atom. The number of likely N-dealkylation sites (N-methyl/N-ethyl adjacent to an activating group) is 1. The largest absolute Gasteiger partial charge is 0.420 e. The van der Waals surface area contributed by atoms with Gasteiger partial charge in [0.05, 0.1) is 41.1 Å². The number of aryl methyl sites for hydroxylation is 1. The number of alkyl halides is 3. The average Bonchev–Trinajstić information content (AvgIpc) is 3.29. The van der Waals surface area contributed by atoms with Crippen LogP contribution in [0.25, 0.3) is 16.6 Å². The van der Waals surface area contributed by atoms with Crippen LogP contribution in [0, 0.1) is 6.92 Å². The van der Waals surface area contributed by atoms with Gasteiger partial charge in [-0.3, -0.25) is 4.79 Å². The van der Waals surface area contributed by atoms with Gasteiger partial charge in [0.25, 0.3) is 5.91 Å². The van der Waals surface area contributed by atoms with Crippen LogP contribution in [0.5, 0.6) is 0 Å². The van der Waals surface area contributed by atoms with E-state index in [4.69, 9.17) is 11.6 Å². The van der Waals surface area contributed by atoms with Crippen molar-refractivity contribution in [3.63, 3.8) is 0 Å². The molecule has 0 saturated heterocycles. The predicted molar refractivity (Wildman–Crippen MR) is 138 cm³/mol. The molecule has 1 amide bonds. The van der Waals surface area contributed by atoms with Crippen LogP contribution in [0.3, 0.4) is 0 Å². The first kappa shape index (κ1) is 26.5. The Morgan fingerprint density at radius 3 is 2.43 bits per heavy atom. The number of aromatic nitrogens is 2. The Balaban J connectivity index is 1.63. The Hall–Kier alpha value is -3.56. The van der Waals surface area contributed by atoms with Gasteiger partial charge in [0.2, 0.25) is 0 Å². The molecule has 194 valence electrons. The van der Waals surface area contributed by atoms with Crippen molar-refractivity contribution in [2.45, 2.75) is 25.6 Å². The number of nitrogens with zero attached hydrogens (tertiary/aromatic N) is 3. The summed E-state index contributed by atoms with van der Waals surface area (Å²) in [5.74, 6) is -0.696. The number of hydrogen-bond acceptors (Lipinski definition) is 4. The summed E-state index contributed by atoms with van der Waals surface area (Å²) in [6.45, 7) is 1.46. The summed E-state index contributed by atoms with van der Waals surface area (Å²) < 4.78 is 44.3. The predicted octanol–water partition coefficient (Wildman–Crippen LogP) is 5.85. The highest BCUT2D eigenvalue weighted by Crippen LogP contribution is 2.34. The number of carbonyl (C=O) groups excluding carboxylic acids is 1. The van der Waals surface area contributed by atoms with Gasteiger partial charge in [-0.25, -0.2) is 4.68 Å². The van der Waals surface area contributed by atoms with E-state index in [0.29, 0.717) is 16.6 Å². The zero-order chi connectivity index (χ0) is 26.8. The molecular weight excluding hydrogens is 505 g/mol. The number of amides is 1. The standard InChI is InChI=1S/C27H26ClF3N4O2/c1-3-34(25(36)20-11-7-8-12-22(20)28)17-26(37,27(29,30)31)16-32-23-13-18(2)14-24-21(23)15-33-35(24)19-9-5-4-6-10-19/h4-15,32,37H,3,16-17H2,1-2H3. The summed E-state index contributed by atoms with van der Waals surface area (Å²) in [7, 11) is 0. The number of fused-ring (bicyclic) bond motifs is 1. The van der Waals surface area contributed by atoms with Crippen LogP contribution < -0.4 is 5.32 Å². The highest BCUT2D eigenvalue weighted by atomic mass is 35.5. The number of carbonyl (C=O) groups is 1. The van der Waals surface area contributed by atoms with Gasteiger partial charge in [-0.05, 0) is 55.8 Å². The maximum absolute atomic E-state index is 14.2. The summed E-state index contributed by atoms with van der Waals surface area (Å²) >= 11 is 6.09. The molecule has 37 heavy (non-hydrogen) atoms. The molecule has 0 spiro atoms. The number of para-hydroxylation sites is 1. The van der Waals surface area contributed by atoms with Crippen LogP contribution >= 0.6 is 11.6 Å². The molecule has 0 aliphatic rings. The molecule has 6 nitrogen and oxygen atoms in total. The number of aliphatic hydroxyl groups is 1. The first-order chi connectivity index (χ1) is 17.5. The van der Waals surface area contributed by atoms with Crippen molar-refractivity contribution < 1.29 is 23.1 Å². The van der Waals surface area contributed by atoms with Gasteiger partial charge < -0.3 is 15.3 Å². The Morgan fingerprint density at radius 1 is 1.11 bits per heavy atom. The van der Waals surface area contributed by atoms with Crippen LogP contribution in [0.15, 0.2) is 72.9 Å². The molecule has 10 heteroatoms. The zero-order valence-electron chi connectivity index (χ0n) is 20.3. The molecule has 0 aliphatic heterocycles. The van der Waals surface area contributed by atoms with E-state index in [2.05, 4.69) is 10.4 Å². The quantitative estimate of drug-likeness (QED) is 0.299. The number of halogens is 4. The molecule has 1 heterocycles. The molecule has 0 fully saturated rings. The lowest BCUT2D eigenvalue weighted by molar-refractivity contribution is -0.257. The van der Waals surface area contributed by atoms with Crippen molar-refractivity contribution in [3.8, 4) is 5.69 Å². The van der Waals surface area contributed by atoms with E-state index in [0.717, 1.165) is 16.2 Å². The molecule has 2 N–H and O–H groups in total. The minimum atomic E-state index is -5.02. The second-order valence-electron chi connectivity index (χ2n) is 8.82. The Kier molecular flexibility index (Phi) is 7.47. The first-order valence-corrected chi connectivity index (χ1v) is 12.0. The Bertz CT molecular complexity index is 1410. The van der Waals surface area contributed by atoms with Crippen molar-refractivity contribution in [1.29, 1.82) is 0 Å². The van der Waals surface area contributed by atoms with Crippen LogP contribution in [-0.2, 0) is 0 Å². The van der Waals surface area contributed by atoms with E-state index >= 15 is 0 Å². The summed E-state index contributed by atoms with van der Waals surface area (Å²) in [5, 5.41) is 18.8. The normalized spacial score (nSPS) is 13.4. The third-order valence-electron chi connectivity index (χ3n) is 6.16. The molecule has 0 bridgehead atoms. The topological polar surface area (TPSA) is 70.4 Å². The minimum Gasteiger partial charge on any atom is -0.381 e. The molecule has 4 aromatic rings. The van der Waals surface area contributed by atoms with Gasteiger partial charge in [-0.2, -0.15) is 18.3 Å². The summed E-state index contributed by atoms with van der Waals surface area (Å²) in [6, 6.07) is 19.1. The highest BCUT2D eigenvalue weighted by molar-refractivity contribution is 6.33. The lowest BCUT2D eigenvalue weighted by Gasteiger charge is -2.36. The fourth-order valence-electron chi connectivity index (χ4n) is 4.12.